The van der Waals surface area contributed by atoms with E-state index in [-0.39, 0.29) is 5.69 Å². The van der Waals surface area contributed by atoms with Gasteiger partial charge in [0.1, 0.15) is 0 Å². The zero-order chi connectivity index (χ0) is 14.5. The molecule has 104 valence electrons. The average molecular weight is 335 g/mol. The molecule has 20 heavy (non-hydrogen) atoms. The van der Waals surface area contributed by atoms with Crippen LogP contribution in [0.15, 0.2) is 46.9 Å². The fraction of sp³-hybridized carbons (Fsp3) is 0.200. The smallest absolute Gasteiger partial charge is 0.270 e. The molecular formula is C15H15BrN2O2. The monoisotopic (exact) mass is 334 g/mol. The summed E-state index contributed by atoms with van der Waals surface area (Å²) in [7, 11) is 0. The molecule has 0 aliphatic heterocycles. The number of halogens is 1. The Balaban J connectivity index is 2.13. The maximum atomic E-state index is 10.7. The van der Waals surface area contributed by atoms with Crippen molar-refractivity contribution >= 4 is 27.3 Å². The first kappa shape index (κ1) is 14.5. The lowest BCUT2D eigenvalue weighted by molar-refractivity contribution is -0.384. The van der Waals surface area contributed by atoms with Gasteiger partial charge in [-0.1, -0.05) is 31.2 Å². The molecule has 0 heterocycles. The van der Waals surface area contributed by atoms with Crippen LogP contribution in [0.25, 0.3) is 0 Å². The predicted octanol–water partition coefficient (Wildman–Crippen LogP) is 4.53. The predicted molar refractivity (Wildman–Crippen MR) is 83.9 cm³/mol. The SMILES string of the molecule is CCc1ccccc1CNc1ccc([N+](=O)[O-])cc1Br. The van der Waals surface area contributed by atoms with Crippen LogP contribution in [0.1, 0.15) is 18.1 Å². The van der Waals surface area contributed by atoms with Crippen LogP contribution < -0.4 is 5.32 Å². The molecule has 2 aromatic rings. The van der Waals surface area contributed by atoms with Crippen molar-refractivity contribution in [3.05, 3.63) is 68.2 Å². The third kappa shape index (κ3) is 3.36. The van der Waals surface area contributed by atoms with E-state index in [1.54, 1.807) is 6.07 Å². The van der Waals surface area contributed by atoms with E-state index in [0.717, 1.165) is 12.1 Å². The number of non-ortho nitro benzene ring substituents is 1. The van der Waals surface area contributed by atoms with Crippen LogP contribution >= 0.6 is 15.9 Å². The van der Waals surface area contributed by atoms with Gasteiger partial charge in [0.25, 0.3) is 5.69 Å². The topological polar surface area (TPSA) is 55.2 Å². The molecule has 0 saturated carbocycles. The average Bonchev–Trinajstić information content (AvgIpc) is 2.46. The van der Waals surface area contributed by atoms with Gasteiger partial charge in [0.05, 0.1) is 4.92 Å². The summed E-state index contributed by atoms with van der Waals surface area (Å²) in [5.41, 5.74) is 3.47. The summed E-state index contributed by atoms with van der Waals surface area (Å²) in [6.45, 7) is 2.82. The first-order valence-corrected chi connectivity index (χ1v) is 7.15. The summed E-state index contributed by atoms with van der Waals surface area (Å²) in [6.07, 6.45) is 0.985. The standard InChI is InChI=1S/C15H15BrN2O2/c1-2-11-5-3-4-6-12(11)10-17-15-8-7-13(18(19)20)9-14(15)16/h3-9,17H,2,10H2,1H3. The van der Waals surface area contributed by atoms with Crippen LogP contribution in [0, 0.1) is 10.1 Å². The molecule has 1 N–H and O–H groups in total. The van der Waals surface area contributed by atoms with E-state index < -0.39 is 4.92 Å². The van der Waals surface area contributed by atoms with E-state index in [4.69, 9.17) is 0 Å². The quantitative estimate of drug-likeness (QED) is 0.645. The Bertz CT molecular complexity index is 629. The van der Waals surface area contributed by atoms with Crippen LogP contribution in [0.3, 0.4) is 0 Å². The zero-order valence-electron chi connectivity index (χ0n) is 11.1. The highest BCUT2D eigenvalue weighted by molar-refractivity contribution is 9.10. The second-order valence-corrected chi connectivity index (χ2v) is 5.25. The van der Waals surface area contributed by atoms with E-state index in [9.17, 15) is 10.1 Å². The largest absolute Gasteiger partial charge is 0.380 e. The Morgan fingerprint density at radius 1 is 1.20 bits per heavy atom. The van der Waals surface area contributed by atoms with Gasteiger partial charge in [0, 0.05) is 28.8 Å². The third-order valence-electron chi connectivity index (χ3n) is 3.13. The van der Waals surface area contributed by atoms with Gasteiger partial charge in [-0.05, 0) is 39.5 Å². The number of nitrogens with one attached hydrogen (secondary N) is 1. The van der Waals surface area contributed by atoms with Gasteiger partial charge in [-0.3, -0.25) is 10.1 Å². The number of anilines is 1. The first-order chi connectivity index (χ1) is 9.61. The van der Waals surface area contributed by atoms with Gasteiger partial charge in [0.2, 0.25) is 0 Å². The molecule has 0 amide bonds. The second kappa shape index (κ2) is 6.52. The highest BCUT2D eigenvalue weighted by atomic mass is 79.9. The maximum absolute atomic E-state index is 10.7. The molecule has 0 saturated heterocycles. The van der Waals surface area contributed by atoms with Crippen LogP contribution in [0.5, 0.6) is 0 Å². The highest BCUT2D eigenvalue weighted by Crippen LogP contribution is 2.27. The summed E-state index contributed by atoms with van der Waals surface area (Å²) in [5.74, 6) is 0. The van der Waals surface area contributed by atoms with Gasteiger partial charge < -0.3 is 5.32 Å². The molecule has 0 radical (unpaired) electrons. The molecule has 0 atom stereocenters. The van der Waals surface area contributed by atoms with Gasteiger partial charge >= 0.3 is 0 Å². The molecule has 0 unspecified atom stereocenters. The fourth-order valence-electron chi connectivity index (χ4n) is 2.03. The Morgan fingerprint density at radius 3 is 2.50 bits per heavy atom. The summed E-state index contributed by atoms with van der Waals surface area (Å²) in [5, 5.41) is 14.0. The molecule has 0 aliphatic rings. The summed E-state index contributed by atoms with van der Waals surface area (Å²) >= 11 is 3.36. The molecule has 0 aliphatic carbocycles. The van der Waals surface area contributed by atoms with E-state index in [1.165, 1.54) is 23.3 Å². The van der Waals surface area contributed by atoms with Crippen molar-refractivity contribution in [1.29, 1.82) is 0 Å². The van der Waals surface area contributed by atoms with E-state index in [1.807, 2.05) is 12.1 Å². The maximum Gasteiger partial charge on any atom is 0.270 e. The number of nitro groups is 1. The lowest BCUT2D eigenvalue weighted by Gasteiger charge is -2.11. The van der Waals surface area contributed by atoms with Crippen LogP contribution in [0.4, 0.5) is 11.4 Å². The lowest BCUT2D eigenvalue weighted by Crippen LogP contribution is -2.03. The number of rotatable bonds is 5. The van der Waals surface area contributed by atoms with Crippen molar-refractivity contribution in [2.75, 3.05) is 5.32 Å². The minimum atomic E-state index is -0.402. The Morgan fingerprint density at radius 2 is 1.90 bits per heavy atom. The van der Waals surface area contributed by atoms with Crippen LogP contribution in [-0.4, -0.2) is 4.92 Å². The summed E-state index contributed by atoms with van der Waals surface area (Å²) in [6, 6.07) is 13.0. The minimum absolute atomic E-state index is 0.0800. The number of benzene rings is 2. The molecule has 0 spiro atoms. The number of hydrogen-bond acceptors (Lipinski definition) is 3. The Labute approximate surface area is 126 Å². The minimum Gasteiger partial charge on any atom is -0.380 e. The van der Waals surface area contributed by atoms with E-state index in [0.29, 0.717) is 11.0 Å². The molecule has 0 fully saturated rings. The van der Waals surface area contributed by atoms with Gasteiger partial charge in [0.15, 0.2) is 0 Å². The molecule has 4 nitrogen and oxygen atoms in total. The van der Waals surface area contributed by atoms with Crippen molar-refractivity contribution in [3.8, 4) is 0 Å². The third-order valence-corrected chi connectivity index (χ3v) is 3.79. The summed E-state index contributed by atoms with van der Waals surface area (Å²) in [4.78, 5) is 10.3. The number of hydrogen-bond donors (Lipinski definition) is 1. The van der Waals surface area contributed by atoms with Crippen LogP contribution in [-0.2, 0) is 13.0 Å². The van der Waals surface area contributed by atoms with E-state index in [2.05, 4.69) is 40.3 Å². The first-order valence-electron chi connectivity index (χ1n) is 6.36. The fourth-order valence-corrected chi connectivity index (χ4v) is 2.53. The number of nitrogens with zero attached hydrogens (tertiary/aromatic N) is 1. The van der Waals surface area contributed by atoms with Gasteiger partial charge in [-0.25, -0.2) is 0 Å². The molecule has 0 bridgehead atoms. The van der Waals surface area contributed by atoms with Crippen molar-refractivity contribution in [3.63, 3.8) is 0 Å². The van der Waals surface area contributed by atoms with Gasteiger partial charge in [-0.15, -0.1) is 0 Å². The molecule has 5 heteroatoms. The molecule has 2 rings (SSSR count). The van der Waals surface area contributed by atoms with Gasteiger partial charge in [-0.2, -0.15) is 0 Å². The highest BCUT2D eigenvalue weighted by Gasteiger charge is 2.09. The second-order valence-electron chi connectivity index (χ2n) is 4.40. The molecule has 0 aromatic heterocycles. The zero-order valence-corrected chi connectivity index (χ0v) is 12.7. The Kier molecular flexibility index (Phi) is 4.74. The number of nitro benzene ring substituents is 1. The Hall–Kier alpha value is -1.88. The molecular weight excluding hydrogens is 320 g/mol. The van der Waals surface area contributed by atoms with E-state index >= 15 is 0 Å². The number of aryl methyl sites for hydroxylation is 1. The molecule has 2 aromatic carbocycles. The van der Waals surface area contributed by atoms with Crippen molar-refractivity contribution in [1.82, 2.24) is 0 Å². The lowest BCUT2D eigenvalue weighted by atomic mass is 10.1. The van der Waals surface area contributed by atoms with Crippen LogP contribution in [0.2, 0.25) is 0 Å². The van der Waals surface area contributed by atoms with Crippen molar-refractivity contribution in [2.45, 2.75) is 19.9 Å². The van der Waals surface area contributed by atoms with Crippen molar-refractivity contribution in [2.24, 2.45) is 0 Å². The van der Waals surface area contributed by atoms with Crippen molar-refractivity contribution < 1.29 is 4.92 Å². The normalized spacial score (nSPS) is 10.3. The summed E-state index contributed by atoms with van der Waals surface area (Å²) < 4.78 is 0.695.